The first-order valence-electron chi connectivity index (χ1n) is 8.03. The third-order valence-corrected chi connectivity index (χ3v) is 4.57. The molecule has 1 unspecified atom stereocenters. The molecule has 0 fully saturated rings. The molecule has 24 heavy (non-hydrogen) atoms. The number of nitrogens with zero attached hydrogens (tertiary/aromatic N) is 1. The lowest BCUT2D eigenvalue weighted by atomic mass is 9.79. The first-order valence-corrected chi connectivity index (χ1v) is 8.03. The van der Waals surface area contributed by atoms with Gasteiger partial charge in [0.2, 0.25) is 0 Å². The Kier molecular flexibility index (Phi) is 5.02. The number of rotatable bonds is 2. The maximum absolute atomic E-state index is 11.7. The molecule has 0 saturated carbocycles. The summed E-state index contributed by atoms with van der Waals surface area (Å²) in [5.41, 5.74) is 3.40. The van der Waals surface area contributed by atoms with Crippen LogP contribution in [0.2, 0.25) is 0 Å². The van der Waals surface area contributed by atoms with E-state index in [-0.39, 0.29) is 17.4 Å². The first kappa shape index (κ1) is 18.0. The Balaban J connectivity index is 2.34. The molecule has 0 radical (unpaired) electrons. The molecule has 0 bridgehead atoms. The highest BCUT2D eigenvalue weighted by molar-refractivity contribution is 5.91. The number of ether oxygens (including phenoxy) is 1. The molecule has 0 aliphatic carbocycles. The SMILES string of the molecule is COC(=O)c1ccc(C2=CCN(C(=O)O)C(C(C)(C)C)C2)cc1C. The second-order valence-electron chi connectivity index (χ2n) is 7.27. The zero-order valence-corrected chi connectivity index (χ0v) is 14.9. The van der Waals surface area contributed by atoms with E-state index in [4.69, 9.17) is 4.74 Å². The van der Waals surface area contributed by atoms with Gasteiger partial charge in [-0.1, -0.05) is 39.0 Å². The van der Waals surface area contributed by atoms with Gasteiger partial charge >= 0.3 is 12.1 Å². The molecule has 1 aromatic rings. The molecule has 5 heteroatoms. The van der Waals surface area contributed by atoms with Gasteiger partial charge in [0, 0.05) is 12.6 Å². The maximum atomic E-state index is 11.7. The van der Waals surface area contributed by atoms with Crippen LogP contribution in [0.1, 0.15) is 48.7 Å². The summed E-state index contributed by atoms with van der Waals surface area (Å²) in [6.45, 7) is 8.43. The fourth-order valence-electron chi connectivity index (χ4n) is 3.16. The minimum absolute atomic E-state index is 0.0874. The number of carbonyl (C=O) groups excluding carboxylic acids is 1. The van der Waals surface area contributed by atoms with Crippen molar-refractivity contribution in [1.82, 2.24) is 4.90 Å². The summed E-state index contributed by atoms with van der Waals surface area (Å²) in [6.07, 6.45) is 1.73. The zero-order valence-electron chi connectivity index (χ0n) is 14.9. The lowest BCUT2D eigenvalue weighted by Crippen LogP contribution is -2.48. The van der Waals surface area contributed by atoms with E-state index in [0.717, 1.165) is 16.7 Å². The second kappa shape index (κ2) is 6.67. The number of esters is 1. The fraction of sp³-hybridized carbons (Fsp3) is 0.474. The Labute approximate surface area is 142 Å². The van der Waals surface area contributed by atoms with E-state index in [9.17, 15) is 14.7 Å². The number of carbonyl (C=O) groups is 2. The number of hydrogen-bond donors (Lipinski definition) is 1. The number of carboxylic acid groups (broad SMARTS) is 1. The molecule has 1 aromatic carbocycles. The van der Waals surface area contributed by atoms with Gasteiger partial charge in [0.1, 0.15) is 0 Å². The standard InChI is InChI=1S/C19H25NO4/c1-12-10-13(6-7-15(12)17(21)24-5)14-8-9-20(18(22)23)16(11-14)19(2,3)4/h6-8,10,16H,9,11H2,1-5H3,(H,22,23). The normalized spacial score (nSPS) is 18.1. The van der Waals surface area contributed by atoms with Gasteiger partial charge in [0.15, 0.2) is 0 Å². The smallest absolute Gasteiger partial charge is 0.407 e. The number of benzene rings is 1. The summed E-state index contributed by atoms with van der Waals surface area (Å²) in [4.78, 5) is 24.7. The van der Waals surface area contributed by atoms with Crippen LogP contribution in [-0.4, -0.2) is 41.8 Å². The molecule has 1 amide bonds. The van der Waals surface area contributed by atoms with Crippen LogP contribution in [-0.2, 0) is 4.74 Å². The van der Waals surface area contributed by atoms with Crippen molar-refractivity contribution < 1.29 is 19.4 Å². The summed E-state index contributed by atoms with van der Waals surface area (Å²) in [7, 11) is 1.37. The highest BCUT2D eigenvalue weighted by Crippen LogP contribution is 2.36. The quantitative estimate of drug-likeness (QED) is 0.833. The van der Waals surface area contributed by atoms with E-state index in [2.05, 4.69) is 20.8 Å². The third-order valence-electron chi connectivity index (χ3n) is 4.57. The van der Waals surface area contributed by atoms with Crippen molar-refractivity contribution in [3.8, 4) is 0 Å². The van der Waals surface area contributed by atoms with Crippen molar-refractivity contribution in [2.24, 2.45) is 5.41 Å². The molecule has 5 nitrogen and oxygen atoms in total. The largest absolute Gasteiger partial charge is 0.465 e. The Bertz CT molecular complexity index is 685. The molecule has 0 spiro atoms. The lowest BCUT2D eigenvalue weighted by molar-refractivity contribution is 0.0599. The molecule has 1 aliphatic rings. The zero-order chi connectivity index (χ0) is 18.1. The topological polar surface area (TPSA) is 66.8 Å². The molecule has 1 atom stereocenters. The van der Waals surface area contributed by atoms with Crippen LogP contribution in [0.4, 0.5) is 4.79 Å². The average Bonchev–Trinajstić information content (AvgIpc) is 2.52. The van der Waals surface area contributed by atoms with Crippen LogP contribution in [0.25, 0.3) is 5.57 Å². The van der Waals surface area contributed by atoms with Gasteiger partial charge in [-0.3, -0.25) is 0 Å². The fourth-order valence-corrected chi connectivity index (χ4v) is 3.16. The predicted octanol–water partition coefficient (Wildman–Crippen LogP) is 3.96. The van der Waals surface area contributed by atoms with Crippen LogP contribution in [0.15, 0.2) is 24.3 Å². The van der Waals surface area contributed by atoms with Gasteiger partial charge in [-0.05, 0) is 41.5 Å². The van der Waals surface area contributed by atoms with Crippen LogP contribution < -0.4 is 0 Å². The van der Waals surface area contributed by atoms with Crippen molar-refractivity contribution in [3.63, 3.8) is 0 Å². The Morgan fingerprint density at radius 1 is 1.29 bits per heavy atom. The molecule has 0 saturated heterocycles. The molecule has 130 valence electrons. The summed E-state index contributed by atoms with van der Waals surface area (Å²) in [6, 6.07) is 5.55. The highest BCUT2D eigenvalue weighted by Gasteiger charge is 2.36. The molecular weight excluding hydrogens is 306 g/mol. The summed E-state index contributed by atoms with van der Waals surface area (Å²) in [5, 5.41) is 9.44. The second-order valence-corrected chi connectivity index (χ2v) is 7.27. The van der Waals surface area contributed by atoms with Gasteiger partial charge in [-0.25, -0.2) is 9.59 Å². The van der Waals surface area contributed by atoms with E-state index in [1.54, 1.807) is 6.07 Å². The van der Waals surface area contributed by atoms with E-state index >= 15 is 0 Å². The van der Waals surface area contributed by atoms with E-state index in [1.165, 1.54) is 12.0 Å². The van der Waals surface area contributed by atoms with Gasteiger partial charge in [-0.2, -0.15) is 0 Å². The molecule has 2 rings (SSSR count). The van der Waals surface area contributed by atoms with Crippen LogP contribution in [0.3, 0.4) is 0 Å². The minimum Gasteiger partial charge on any atom is -0.465 e. The third kappa shape index (κ3) is 3.61. The summed E-state index contributed by atoms with van der Waals surface area (Å²) < 4.78 is 4.78. The molecule has 1 heterocycles. The average molecular weight is 331 g/mol. The Morgan fingerprint density at radius 3 is 2.46 bits per heavy atom. The van der Waals surface area contributed by atoms with Gasteiger partial charge in [-0.15, -0.1) is 0 Å². The minimum atomic E-state index is -0.887. The van der Waals surface area contributed by atoms with Crippen molar-refractivity contribution in [3.05, 3.63) is 41.0 Å². The van der Waals surface area contributed by atoms with Crippen molar-refractivity contribution in [1.29, 1.82) is 0 Å². The number of hydrogen-bond acceptors (Lipinski definition) is 3. The van der Waals surface area contributed by atoms with Crippen molar-refractivity contribution in [2.75, 3.05) is 13.7 Å². The summed E-state index contributed by atoms with van der Waals surface area (Å²) >= 11 is 0. The molecular formula is C19H25NO4. The van der Waals surface area contributed by atoms with E-state index in [1.807, 2.05) is 25.1 Å². The molecule has 1 aliphatic heterocycles. The monoisotopic (exact) mass is 331 g/mol. The molecule has 0 aromatic heterocycles. The van der Waals surface area contributed by atoms with Crippen LogP contribution in [0, 0.1) is 12.3 Å². The van der Waals surface area contributed by atoms with Crippen molar-refractivity contribution in [2.45, 2.75) is 40.2 Å². The lowest BCUT2D eigenvalue weighted by Gasteiger charge is -2.41. The van der Waals surface area contributed by atoms with E-state index < -0.39 is 6.09 Å². The van der Waals surface area contributed by atoms with Gasteiger partial charge in [0.05, 0.1) is 12.7 Å². The summed E-state index contributed by atoms with van der Waals surface area (Å²) in [5.74, 6) is -0.346. The van der Waals surface area contributed by atoms with E-state index in [0.29, 0.717) is 18.5 Å². The highest BCUT2D eigenvalue weighted by atomic mass is 16.5. The van der Waals surface area contributed by atoms with Crippen LogP contribution in [0.5, 0.6) is 0 Å². The van der Waals surface area contributed by atoms with Gasteiger partial charge in [0.25, 0.3) is 0 Å². The number of aryl methyl sites for hydroxylation is 1. The maximum Gasteiger partial charge on any atom is 0.407 e. The first-order chi connectivity index (χ1) is 11.1. The Hall–Kier alpha value is -2.30. The number of methoxy groups -OCH3 is 1. The van der Waals surface area contributed by atoms with Crippen LogP contribution >= 0.6 is 0 Å². The number of amides is 1. The van der Waals surface area contributed by atoms with Crippen molar-refractivity contribution >= 4 is 17.6 Å². The Morgan fingerprint density at radius 2 is 1.96 bits per heavy atom. The van der Waals surface area contributed by atoms with Gasteiger partial charge < -0.3 is 14.7 Å². The molecule has 1 N–H and O–H groups in total. The predicted molar refractivity (Wildman–Crippen MR) is 93.1 cm³/mol.